The molecule has 0 spiro atoms. The lowest BCUT2D eigenvalue weighted by molar-refractivity contribution is 0.118. The number of hydrogen-bond donors (Lipinski definition) is 1. The van der Waals surface area contributed by atoms with Gasteiger partial charge in [0.05, 0.1) is 6.04 Å². The van der Waals surface area contributed by atoms with Gasteiger partial charge in [0.2, 0.25) is 0 Å². The summed E-state index contributed by atoms with van der Waals surface area (Å²) in [6.45, 7) is 5.38. The van der Waals surface area contributed by atoms with E-state index in [1.54, 1.807) is 12.1 Å². The van der Waals surface area contributed by atoms with Crippen LogP contribution in [0, 0.1) is 5.92 Å². The second-order valence-corrected chi connectivity index (χ2v) is 5.27. The summed E-state index contributed by atoms with van der Waals surface area (Å²) in [5.41, 5.74) is 1.23. The maximum Gasteiger partial charge on any atom is 0.127 e. The van der Waals surface area contributed by atoms with Crippen molar-refractivity contribution in [3.8, 4) is 11.5 Å². The summed E-state index contributed by atoms with van der Waals surface area (Å²) < 4.78 is 5.67. The number of hydrogen-bond acceptors (Lipinski definition) is 3. The fraction of sp³-hybridized carbons (Fsp3) is 0.571. The van der Waals surface area contributed by atoms with Crippen molar-refractivity contribution in [2.24, 2.45) is 5.92 Å². The van der Waals surface area contributed by atoms with E-state index in [1.807, 2.05) is 6.07 Å². The zero-order valence-corrected chi connectivity index (χ0v) is 10.2. The van der Waals surface area contributed by atoms with Crippen molar-refractivity contribution >= 4 is 0 Å². The van der Waals surface area contributed by atoms with E-state index >= 15 is 0 Å². The molecule has 92 valence electrons. The number of piperidine rings is 1. The van der Waals surface area contributed by atoms with Gasteiger partial charge in [0.25, 0.3) is 0 Å². The first-order valence-electron chi connectivity index (χ1n) is 6.44. The molecule has 1 atom stereocenters. The normalized spacial score (nSPS) is 25.6. The van der Waals surface area contributed by atoms with Crippen molar-refractivity contribution in [3.05, 3.63) is 23.8 Å². The Balaban J connectivity index is 1.79. The Morgan fingerprint density at radius 3 is 2.82 bits per heavy atom. The molecule has 1 saturated heterocycles. The minimum Gasteiger partial charge on any atom is -0.508 e. The molecular formula is C14H19NO2. The van der Waals surface area contributed by atoms with Gasteiger partial charge in [0, 0.05) is 11.6 Å². The van der Waals surface area contributed by atoms with E-state index in [9.17, 15) is 5.11 Å². The fourth-order valence-corrected chi connectivity index (χ4v) is 2.82. The molecule has 1 aromatic carbocycles. The smallest absolute Gasteiger partial charge is 0.127 e. The van der Waals surface area contributed by atoms with Crippen molar-refractivity contribution in [3.63, 3.8) is 0 Å². The molecule has 3 nitrogen and oxygen atoms in total. The number of nitrogens with zero attached hydrogens (tertiary/aromatic N) is 1. The van der Waals surface area contributed by atoms with Gasteiger partial charge in [-0.1, -0.05) is 6.92 Å². The number of rotatable bonds is 1. The van der Waals surface area contributed by atoms with E-state index < -0.39 is 0 Å². The molecule has 2 heterocycles. The van der Waals surface area contributed by atoms with Crippen LogP contribution in [0.4, 0.5) is 0 Å². The predicted molar refractivity (Wildman–Crippen MR) is 66.3 cm³/mol. The minimum absolute atomic E-state index is 0.289. The monoisotopic (exact) mass is 233 g/mol. The van der Waals surface area contributed by atoms with E-state index in [1.165, 1.54) is 18.4 Å². The molecule has 2 aliphatic heterocycles. The maximum absolute atomic E-state index is 9.43. The highest BCUT2D eigenvalue weighted by Crippen LogP contribution is 2.39. The Kier molecular flexibility index (Phi) is 2.71. The molecule has 3 heteroatoms. The van der Waals surface area contributed by atoms with Gasteiger partial charge >= 0.3 is 0 Å². The summed E-state index contributed by atoms with van der Waals surface area (Å²) in [6, 6.07) is 5.87. The topological polar surface area (TPSA) is 32.7 Å². The van der Waals surface area contributed by atoms with E-state index in [0.717, 1.165) is 31.4 Å². The number of fused-ring (bicyclic) bond motifs is 1. The van der Waals surface area contributed by atoms with Gasteiger partial charge < -0.3 is 9.84 Å². The summed E-state index contributed by atoms with van der Waals surface area (Å²) >= 11 is 0. The Hall–Kier alpha value is -1.22. The Morgan fingerprint density at radius 2 is 2.06 bits per heavy atom. The molecule has 17 heavy (non-hydrogen) atoms. The summed E-state index contributed by atoms with van der Waals surface area (Å²) in [6.07, 6.45) is 2.56. The highest BCUT2D eigenvalue weighted by Gasteiger charge is 2.31. The van der Waals surface area contributed by atoms with Crippen LogP contribution in [0.1, 0.15) is 31.4 Å². The van der Waals surface area contributed by atoms with Crippen LogP contribution in [0.2, 0.25) is 0 Å². The molecule has 0 saturated carbocycles. The number of phenols is 1. The molecule has 1 unspecified atom stereocenters. The van der Waals surface area contributed by atoms with E-state index in [0.29, 0.717) is 6.04 Å². The molecule has 1 fully saturated rings. The molecule has 0 aliphatic carbocycles. The average Bonchev–Trinajstić information content (AvgIpc) is 2.73. The largest absolute Gasteiger partial charge is 0.508 e. The molecule has 0 amide bonds. The zero-order valence-electron chi connectivity index (χ0n) is 10.2. The van der Waals surface area contributed by atoms with Crippen LogP contribution in [-0.2, 0) is 0 Å². The Bertz CT molecular complexity index is 411. The SMILES string of the molecule is CC1CCN(C2COc3cc(O)ccc32)CC1. The first-order chi connectivity index (χ1) is 8.24. The molecule has 1 N–H and O–H groups in total. The number of aromatic hydroxyl groups is 1. The minimum atomic E-state index is 0.289. The van der Waals surface area contributed by atoms with E-state index in [4.69, 9.17) is 4.74 Å². The van der Waals surface area contributed by atoms with Gasteiger partial charge in [-0.25, -0.2) is 0 Å². The lowest BCUT2D eigenvalue weighted by atomic mass is 9.96. The second kappa shape index (κ2) is 4.22. The highest BCUT2D eigenvalue weighted by atomic mass is 16.5. The van der Waals surface area contributed by atoms with Gasteiger partial charge in [-0.3, -0.25) is 4.90 Å². The lowest BCUT2D eigenvalue weighted by Gasteiger charge is -2.34. The van der Waals surface area contributed by atoms with Gasteiger partial charge in [-0.2, -0.15) is 0 Å². The van der Waals surface area contributed by atoms with Crippen molar-refractivity contribution in [1.29, 1.82) is 0 Å². The predicted octanol–water partition coefficient (Wildman–Crippen LogP) is 2.56. The van der Waals surface area contributed by atoms with Gasteiger partial charge in [-0.05, 0) is 44.0 Å². The number of benzene rings is 1. The Morgan fingerprint density at radius 1 is 1.29 bits per heavy atom. The van der Waals surface area contributed by atoms with E-state index in [-0.39, 0.29) is 5.75 Å². The van der Waals surface area contributed by atoms with Crippen molar-refractivity contribution in [1.82, 2.24) is 4.90 Å². The van der Waals surface area contributed by atoms with Crippen molar-refractivity contribution < 1.29 is 9.84 Å². The summed E-state index contributed by atoms with van der Waals surface area (Å²) in [4.78, 5) is 2.52. The third kappa shape index (κ3) is 2.00. The van der Waals surface area contributed by atoms with Crippen molar-refractivity contribution in [2.75, 3.05) is 19.7 Å². The van der Waals surface area contributed by atoms with Gasteiger partial charge in [0.1, 0.15) is 18.1 Å². The molecular weight excluding hydrogens is 214 g/mol. The van der Waals surface area contributed by atoms with E-state index in [2.05, 4.69) is 11.8 Å². The highest BCUT2D eigenvalue weighted by molar-refractivity contribution is 5.44. The number of likely N-dealkylation sites (tertiary alicyclic amines) is 1. The second-order valence-electron chi connectivity index (χ2n) is 5.27. The van der Waals surface area contributed by atoms with Crippen LogP contribution in [0.3, 0.4) is 0 Å². The van der Waals surface area contributed by atoms with Gasteiger partial charge in [0.15, 0.2) is 0 Å². The number of ether oxygens (including phenoxy) is 1. The quantitative estimate of drug-likeness (QED) is 0.809. The molecule has 3 rings (SSSR count). The van der Waals surface area contributed by atoms with Gasteiger partial charge in [-0.15, -0.1) is 0 Å². The lowest BCUT2D eigenvalue weighted by Crippen LogP contribution is -2.36. The van der Waals surface area contributed by atoms with Crippen LogP contribution in [0.25, 0.3) is 0 Å². The summed E-state index contributed by atoms with van der Waals surface area (Å²) in [5, 5.41) is 9.43. The summed E-state index contributed by atoms with van der Waals surface area (Å²) in [7, 11) is 0. The maximum atomic E-state index is 9.43. The first-order valence-corrected chi connectivity index (χ1v) is 6.44. The van der Waals surface area contributed by atoms with Crippen molar-refractivity contribution in [2.45, 2.75) is 25.8 Å². The third-order valence-electron chi connectivity index (χ3n) is 4.01. The molecule has 2 aliphatic rings. The molecule has 0 radical (unpaired) electrons. The van der Waals surface area contributed by atoms with Crippen LogP contribution in [-0.4, -0.2) is 29.7 Å². The van der Waals surface area contributed by atoms with Crippen LogP contribution < -0.4 is 4.74 Å². The third-order valence-corrected chi connectivity index (χ3v) is 4.01. The fourth-order valence-electron chi connectivity index (χ4n) is 2.82. The Labute approximate surface area is 102 Å². The summed E-state index contributed by atoms with van der Waals surface area (Å²) in [5.74, 6) is 2.00. The molecule has 0 bridgehead atoms. The van der Waals surface area contributed by atoms with Crippen LogP contribution in [0.15, 0.2) is 18.2 Å². The number of phenolic OH excluding ortho intramolecular Hbond substituents is 1. The molecule has 1 aromatic rings. The standard InChI is InChI=1S/C14H19NO2/c1-10-4-6-15(7-5-10)13-9-17-14-8-11(16)2-3-12(13)14/h2-3,8,10,13,16H,4-7,9H2,1H3. The average molecular weight is 233 g/mol. The van der Waals surface area contributed by atoms with Crippen LogP contribution >= 0.6 is 0 Å². The first kappa shape index (κ1) is 10.9. The van der Waals surface area contributed by atoms with Crippen LogP contribution in [0.5, 0.6) is 11.5 Å². The zero-order chi connectivity index (χ0) is 11.8. The molecule has 0 aromatic heterocycles.